The summed E-state index contributed by atoms with van der Waals surface area (Å²) in [4.78, 5) is 11.7. The molecule has 1 amide bonds. The van der Waals surface area contributed by atoms with Crippen LogP contribution in [0.3, 0.4) is 0 Å². The third kappa shape index (κ3) is 1.96. The molecule has 3 atom stereocenters. The van der Waals surface area contributed by atoms with Crippen LogP contribution >= 0.6 is 0 Å². The van der Waals surface area contributed by atoms with E-state index < -0.39 is 5.54 Å². The Morgan fingerprint density at radius 3 is 2.62 bits per heavy atom. The lowest BCUT2D eigenvalue weighted by Crippen LogP contribution is -2.65. The Kier molecular flexibility index (Phi) is 2.75. The van der Waals surface area contributed by atoms with Crippen LogP contribution in [-0.2, 0) is 9.53 Å². The number of primary amides is 1. The molecule has 2 fully saturated rings. The molecule has 2 saturated heterocycles. The normalized spacial score (nSPS) is 38.7. The molecular formula is C12H22N2O2. The van der Waals surface area contributed by atoms with E-state index in [0.29, 0.717) is 6.04 Å². The van der Waals surface area contributed by atoms with Crippen molar-refractivity contribution < 1.29 is 9.53 Å². The zero-order chi connectivity index (χ0) is 12.0. The molecule has 16 heavy (non-hydrogen) atoms. The number of nitrogens with two attached hydrogens (primary N) is 1. The molecule has 3 N–H and O–H groups in total. The predicted molar refractivity (Wildman–Crippen MR) is 61.9 cm³/mol. The van der Waals surface area contributed by atoms with Gasteiger partial charge in [-0.25, -0.2) is 0 Å². The lowest BCUT2D eigenvalue weighted by molar-refractivity contribution is -0.144. The lowest BCUT2D eigenvalue weighted by Gasteiger charge is -2.42. The summed E-state index contributed by atoms with van der Waals surface area (Å²) in [5.41, 5.74) is 4.72. The van der Waals surface area contributed by atoms with Crippen molar-refractivity contribution >= 4 is 5.91 Å². The second-order valence-electron chi connectivity index (χ2n) is 6.01. The number of ether oxygens (including phenoxy) is 1. The van der Waals surface area contributed by atoms with Gasteiger partial charge in [-0.1, -0.05) is 0 Å². The fourth-order valence-electron chi connectivity index (χ4n) is 2.92. The van der Waals surface area contributed by atoms with Gasteiger partial charge in [0.15, 0.2) is 0 Å². The van der Waals surface area contributed by atoms with E-state index in [0.717, 1.165) is 25.7 Å². The third-order valence-electron chi connectivity index (χ3n) is 3.61. The molecule has 2 bridgehead atoms. The van der Waals surface area contributed by atoms with Crippen molar-refractivity contribution in [3.05, 3.63) is 0 Å². The molecule has 0 aromatic carbocycles. The number of piperidine rings is 1. The van der Waals surface area contributed by atoms with E-state index >= 15 is 0 Å². The molecule has 92 valence electrons. The van der Waals surface area contributed by atoms with Crippen LogP contribution in [0.15, 0.2) is 0 Å². The van der Waals surface area contributed by atoms with Crippen molar-refractivity contribution in [1.82, 2.24) is 5.32 Å². The van der Waals surface area contributed by atoms with Gasteiger partial charge in [-0.15, -0.1) is 0 Å². The van der Waals surface area contributed by atoms with Crippen LogP contribution in [0.2, 0.25) is 0 Å². The molecule has 4 heteroatoms. The predicted octanol–water partition coefficient (Wildman–Crippen LogP) is 0.940. The molecule has 0 aromatic rings. The summed E-state index contributed by atoms with van der Waals surface area (Å²) < 4.78 is 6.01. The lowest BCUT2D eigenvalue weighted by atomic mass is 9.86. The van der Waals surface area contributed by atoms with Crippen LogP contribution < -0.4 is 11.1 Å². The standard InChI is InChI=1S/C12H22N2O2/c1-11(2,3)16-9-5-4-8-6-7-12(9,14-8)10(13)15/h8-9,14H,4-7H2,1-3H3,(H2,13,15). The van der Waals surface area contributed by atoms with Gasteiger partial charge in [-0.2, -0.15) is 0 Å². The van der Waals surface area contributed by atoms with Gasteiger partial charge < -0.3 is 10.5 Å². The van der Waals surface area contributed by atoms with Crippen molar-refractivity contribution in [1.29, 1.82) is 0 Å². The first-order valence-electron chi connectivity index (χ1n) is 6.09. The Bertz CT molecular complexity index is 298. The molecule has 0 radical (unpaired) electrons. The maximum absolute atomic E-state index is 11.7. The van der Waals surface area contributed by atoms with Gasteiger partial charge in [0.1, 0.15) is 5.54 Å². The second-order valence-corrected chi connectivity index (χ2v) is 6.01. The Balaban J connectivity index is 2.20. The molecule has 4 nitrogen and oxygen atoms in total. The van der Waals surface area contributed by atoms with E-state index in [1.54, 1.807) is 0 Å². The maximum atomic E-state index is 11.7. The van der Waals surface area contributed by atoms with Crippen LogP contribution in [0.25, 0.3) is 0 Å². The zero-order valence-electron chi connectivity index (χ0n) is 10.4. The summed E-state index contributed by atoms with van der Waals surface area (Å²) in [5.74, 6) is -0.260. The minimum Gasteiger partial charge on any atom is -0.370 e. The Hall–Kier alpha value is -0.610. The largest absolute Gasteiger partial charge is 0.370 e. The third-order valence-corrected chi connectivity index (χ3v) is 3.61. The second kappa shape index (κ2) is 3.70. The van der Waals surface area contributed by atoms with E-state index in [1.807, 2.05) is 20.8 Å². The summed E-state index contributed by atoms with van der Waals surface area (Å²) >= 11 is 0. The molecule has 0 spiro atoms. The van der Waals surface area contributed by atoms with Gasteiger partial charge in [0.05, 0.1) is 11.7 Å². The number of hydrogen-bond acceptors (Lipinski definition) is 3. The van der Waals surface area contributed by atoms with Crippen LogP contribution in [-0.4, -0.2) is 29.2 Å². The number of carbonyl (C=O) groups excluding carboxylic acids is 1. The van der Waals surface area contributed by atoms with E-state index in [1.165, 1.54) is 0 Å². The highest BCUT2D eigenvalue weighted by Crippen LogP contribution is 2.38. The molecule has 0 aliphatic carbocycles. The first kappa shape index (κ1) is 11.9. The fraction of sp³-hybridized carbons (Fsp3) is 0.917. The van der Waals surface area contributed by atoms with Gasteiger partial charge in [0, 0.05) is 6.04 Å². The van der Waals surface area contributed by atoms with Crippen LogP contribution in [0.5, 0.6) is 0 Å². The van der Waals surface area contributed by atoms with Crippen molar-refractivity contribution in [2.45, 2.75) is 69.7 Å². The van der Waals surface area contributed by atoms with E-state index in [4.69, 9.17) is 10.5 Å². The zero-order valence-corrected chi connectivity index (χ0v) is 10.4. The van der Waals surface area contributed by atoms with Gasteiger partial charge in [-0.05, 0) is 46.5 Å². The highest BCUT2D eigenvalue weighted by molar-refractivity contribution is 5.86. The highest BCUT2D eigenvalue weighted by Gasteiger charge is 2.53. The summed E-state index contributed by atoms with van der Waals surface area (Å²) in [6.07, 6.45) is 3.78. The molecule has 2 rings (SSSR count). The first-order chi connectivity index (χ1) is 7.33. The quantitative estimate of drug-likeness (QED) is 0.736. The van der Waals surface area contributed by atoms with Crippen LogP contribution in [0, 0.1) is 0 Å². The van der Waals surface area contributed by atoms with Gasteiger partial charge >= 0.3 is 0 Å². The topological polar surface area (TPSA) is 64.3 Å². The average molecular weight is 226 g/mol. The summed E-state index contributed by atoms with van der Waals surface area (Å²) in [7, 11) is 0. The monoisotopic (exact) mass is 226 g/mol. The smallest absolute Gasteiger partial charge is 0.240 e. The van der Waals surface area contributed by atoms with Gasteiger partial charge in [-0.3, -0.25) is 10.1 Å². The molecule has 0 aromatic heterocycles. The van der Waals surface area contributed by atoms with E-state index in [9.17, 15) is 4.79 Å². The highest BCUT2D eigenvalue weighted by atomic mass is 16.5. The van der Waals surface area contributed by atoms with Crippen molar-refractivity contribution in [3.8, 4) is 0 Å². The molecule has 2 aliphatic heterocycles. The number of amides is 1. The molecule has 2 aliphatic rings. The molecular weight excluding hydrogens is 204 g/mol. The van der Waals surface area contributed by atoms with Crippen molar-refractivity contribution in [3.63, 3.8) is 0 Å². The SMILES string of the molecule is CC(C)(C)OC1CCC2CCC1(C(N)=O)N2. The molecule has 3 unspecified atom stereocenters. The number of hydrogen-bond donors (Lipinski definition) is 2. The van der Waals surface area contributed by atoms with Crippen LogP contribution in [0.4, 0.5) is 0 Å². The summed E-state index contributed by atoms with van der Waals surface area (Å²) in [6, 6.07) is 0.451. The summed E-state index contributed by atoms with van der Waals surface area (Å²) in [5, 5.41) is 3.38. The number of fused-ring (bicyclic) bond motifs is 2. The number of nitrogens with one attached hydrogen (secondary N) is 1. The summed E-state index contributed by atoms with van der Waals surface area (Å²) in [6.45, 7) is 6.05. The van der Waals surface area contributed by atoms with E-state index in [-0.39, 0.29) is 17.6 Å². The van der Waals surface area contributed by atoms with Gasteiger partial charge in [0.2, 0.25) is 5.91 Å². The Morgan fingerprint density at radius 1 is 1.38 bits per heavy atom. The maximum Gasteiger partial charge on any atom is 0.240 e. The number of rotatable bonds is 2. The first-order valence-corrected chi connectivity index (χ1v) is 6.09. The number of carbonyl (C=O) groups is 1. The van der Waals surface area contributed by atoms with Crippen molar-refractivity contribution in [2.75, 3.05) is 0 Å². The molecule has 0 saturated carbocycles. The molecule has 2 heterocycles. The van der Waals surface area contributed by atoms with E-state index in [2.05, 4.69) is 5.32 Å². The minimum absolute atomic E-state index is 0.0799. The van der Waals surface area contributed by atoms with Crippen molar-refractivity contribution in [2.24, 2.45) is 5.73 Å². The fourth-order valence-corrected chi connectivity index (χ4v) is 2.92. The van der Waals surface area contributed by atoms with Gasteiger partial charge in [0.25, 0.3) is 0 Å². The minimum atomic E-state index is -0.615. The Labute approximate surface area is 96.9 Å². The van der Waals surface area contributed by atoms with Crippen LogP contribution in [0.1, 0.15) is 46.5 Å². The average Bonchev–Trinajstić information content (AvgIpc) is 2.49. The Morgan fingerprint density at radius 2 is 2.06 bits per heavy atom.